The smallest absolute Gasteiger partial charge is 0.161 e. The van der Waals surface area contributed by atoms with Crippen LogP contribution >= 0.6 is 15.9 Å². The van der Waals surface area contributed by atoms with Crippen molar-refractivity contribution in [1.82, 2.24) is 0 Å². The highest BCUT2D eigenvalue weighted by atomic mass is 79.9. The van der Waals surface area contributed by atoms with Crippen molar-refractivity contribution in [3.8, 4) is 6.07 Å². The third kappa shape index (κ3) is 2.50. The van der Waals surface area contributed by atoms with Crippen LogP contribution in [0.5, 0.6) is 0 Å². The lowest BCUT2D eigenvalue weighted by Gasteiger charge is -2.21. The molecule has 2 unspecified atom stereocenters. The number of halogens is 2. The van der Waals surface area contributed by atoms with E-state index in [4.69, 9.17) is 11.0 Å². The molecule has 1 aromatic carbocycles. The van der Waals surface area contributed by atoms with E-state index in [1.165, 1.54) is 0 Å². The lowest BCUT2D eigenvalue weighted by atomic mass is 10.0. The third-order valence-corrected chi connectivity index (χ3v) is 4.28. The Balaban J connectivity index is 2.20. The summed E-state index contributed by atoms with van der Waals surface area (Å²) in [6, 6.07) is 5.40. The summed E-state index contributed by atoms with van der Waals surface area (Å²) in [4.78, 5) is 0. The van der Waals surface area contributed by atoms with Crippen LogP contribution in [0.25, 0.3) is 0 Å². The number of nitriles is 1. The first-order valence-electron chi connectivity index (χ1n) is 6.02. The molecule has 0 aromatic heterocycles. The first-order chi connectivity index (χ1) is 8.67. The fourth-order valence-electron chi connectivity index (χ4n) is 2.46. The Morgan fingerprint density at radius 2 is 2.28 bits per heavy atom. The molecule has 0 heterocycles. The van der Waals surface area contributed by atoms with Gasteiger partial charge in [0.05, 0.1) is 15.7 Å². The van der Waals surface area contributed by atoms with Crippen LogP contribution in [0.4, 0.5) is 10.1 Å². The average Bonchev–Trinajstić information content (AvgIpc) is 2.82. The van der Waals surface area contributed by atoms with E-state index in [1.54, 1.807) is 12.1 Å². The van der Waals surface area contributed by atoms with Gasteiger partial charge in [0, 0.05) is 6.04 Å². The summed E-state index contributed by atoms with van der Waals surface area (Å²) in [6.45, 7) is 0.622. The minimum atomic E-state index is -0.406. The second kappa shape index (κ2) is 5.68. The summed E-state index contributed by atoms with van der Waals surface area (Å²) >= 11 is 3.11. The van der Waals surface area contributed by atoms with Crippen LogP contribution in [0.2, 0.25) is 0 Å². The van der Waals surface area contributed by atoms with Gasteiger partial charge < -0.3 is 11.1 Å². The molecular weight excluding hydrogens is 297 g/mol. The molecule has 1 aromatic rings. The summed E-state index contributed by atoms with van der Waals surface area (Å²) in [5.41, 5.74) is 6.45. The van der Waals surface area contributed by atoms with E-state index in [-0.39, 0.29) is 10.5 Å². The molecule has 5 heteroatoms. The van der Waals surface area contributed by atoms with Gasteiger partial charge in [-0.15, -0.1) is 0 Å². The van der Waals surface area contributed by atoms with Gasteiger partial charge in [0.2, 0.25) is 0 Å². The highest BCUT2D eigenvalue weighted by Gasteiger charge is 2.26. The Morgan fingerprint density at radius 1 is 1.50 bits per heavy atom. The maximum atomic E-state index is 14.0. The summed E-state index contributed by atoms with van der Waals surface area (Å²) < 4.78 is 14.3. The van der Waals surface area contributed by atoms with E-state index >= 15 is 0 Å². The third-order valence-electron chi connectivity index (χ3n) is 3.51. The molecule has 0 spiro atoms. The lowest BCUT2D eigenvalue weighted by molar-refractivity contribution is 0.512. The first kappa shape index (κ1) is 13.3. The number of anilines is 1. The van der Waals surface area contributed by atoms with Gasteiger partial charge in [0.15, 0.2) is 5.82 Å². The first-order valence-corrected chi connectivity index (χ1v) is 6.81. The molecule has 2 atom stereocenters. The predicted molar refractivity (Wildman–Crippen MR) is 72.6 cm³/mol. The molecule has 2 rings (SSSR count). The molecule has 96 valence electrons. The Bertz CT molecular complexity index is 484. The van der Waals surface area contributed by atoms with Gasteiger partial charge >= 0.3 is 0 Å². The molecule has 18 heavy (non-hydrogen) atoms. The topological polar surface area (TPSA) is 61.8 Å². The minimum absolute atomic E-state index is 0.220. The molecule has 1 saturated carbocycles. The number of rotatable bonds is 3. The monoisotopic (exact) mass is 311 g/mol. The maximum absolute atomic E-state index is 14.0. The van der Waals surface area contributed by atoms with Crippen LogP contribution in [-0.2, 0) is 0 Å². The van der Waals surface area contributed by atoms with E-state index in [0.29, 0.717) is 23.7 Å². The van der Waals surface area contributed by atoms with Gasteiger partial charge in [-0.3, -0.25) is 0 Å². The van der Waals surface area contributed by atoms with E-state index < -0.39 is 5.82 Å². The molecule has 0 radical (unpaired) electrons. The number of nitrogens with one attached hydrogen (secondary N) is 1. The molecule has 0 bridgehead atoms. The molecular formula is C13H15BrFN3. The zero-order valence-electron chi connectivity index (χ0n) is 9.92. The van der Waals surface area contributed by atoms with Crippen molar-refractivity contribution in [2.24, 2.45) is 11.7 Å². The zero-order chi connectivity index (χ0) is 13.1. The average molecular weight is 312 g/mol. The highest BCUT2D eigenvalue weighted by molar-refractivity contribution is 9.10. The fraction of sp³-hybridized carbons (Fsp3) is 0.462. The Kier molecular flexibility index (Phi) is 4.20. The summed E-state index contributed by atoms with van der Waals surface area (Å²) in [7, 11) is 0. The van der Waals surface area contributed by atoms with Gasteiger partial charge in [0.25, 0.3) is 0 Å². The van der Waals surface area contributed by atoms with Crippen molar-refractivity contribution in [3.05, 3.63) is 28.0 Å². The summed E-state index contributed by atoms with van der Waals surface area (Å²) in [6.07, 6.45) is 3.23. The van der Waals surface area contributed by atoms with Gasteiger partial charge in [-0.1, -0.05) is 6.42 Å². The number of nitrogens with two attached hydrogens (primary N) is 1. The van der Waals surface area contributed by atoms with Gasteiger partial charge in [-0.05, 0) is 53.4 Å². The van der Waals surface area contributed by atoms with Crippen molar-refractivity contribution in [2.75, 3.05) is 11.9 Å². The molecule has 1 fully saturated rings. The maximum Gasteiger partial charge on any atom is 0.161 e. The van der Waals surface area contributed by atoms with Crippen molar-refractivity contribution >= 4 is 21.6 Å². The summed E-state index contributed by atoms with van der Waals surface area (Å²) in [5.74, 6) is -0.00413. The molecule has 1 aliphatic carbocycles. The van der Waals surface area contributed by atoms with E-state index in [1.807, 2.05) is 6.07 Å². The van der Waals surface area contributed by atoms with E-state index in [9.17, 15) is 4.39 Å². The van der Waals surface area contributed by atoms with Gasteiger partial charge in [0.1, 0.15) is 6.07 Å². The fourth-order valence-corrected chi connectivity index (χ4v) is 2.89. The normalized spacial score (nSPS) is 22.8. The second-order valence-electron chi connectivity index (χ2n) is 4.58. The molecule has 0 aliphatic heterocycles. The lowest BCUT2D eigenvalue weighted by Crippen LogP contribution is -2.29. The van der Waals surface area contributed by atoms with E-state index in [2.05, 4.69) is 21.2 Å². The van der Waals surface area contributed by atoms with Crippen molar-refractivity contribution in [2.45, 2.75) is 25.3 Å². The zero-order valence-corrected chi connectivity index (χ0v) is 11.5. The number of hydrogen-bond donors (Lipinski definition) is 2. The number of hydrogen-bond acceptors (Lipinski definition) is 3. The highest BCUT2D eigenvalue weighted by Crippen LogP contribution is 2.31. The van der Waals surface area contributed by atoms with Crippen LogP contribution in [0.1, 0.15) is 24.8 Å². The van der Waals surface area contributed by atoms with Crippen LogP contribution in [0.15, 0.2) is 16.6 Å². The van der Waals surface area contributed by atoms with Crippen molar-refractivity contribution < 1.29 is 4.39 Å². The minimum Gasteiger partial charge on any atom is -0.380 e. The Labute approximate surface area is 114 Å². The van der Waals surface area contributed by atoms with Crippen LogP contribution in [-0.4, -0.2) is 12.6 Å². The van der Waals surface area contributed by atoms with Crippen molar-refractivity contribution in [1.29, 1.82) is 5.26 Å². The largest absolute Gasteiger partial charge is 0.380 e. The standard InChI is InChI=1S/C13H15BrFN3/c14-12-9(7-17)4-5-11(13(12)15)18-10-3-1-2-8(10)6-16/h4-5,8,10,18H,1-3,6,16H2. The Hall–Kier alpha value is -1.12. The van der Waals surface area contributed by atoms with Crippen LogP contribution < -0.4 is 11.1 Å². The number of nitrogens with zero attached hydrogens (tertiary/aromatic N) is 1. The molecule has 0 amide bonds. The molecule has 3 nitrogen and oxygen atoms in total. The quantitative estimate of drug-likeness (QED) is 0.902. The van der Waals surface area contributed by atoms with E-state index in [0.717, 1.165) is 19.3 Å². The molecule has 1 aliphatic rings. The second-order valence-corrected chi connectivity index (χ2v) is 5.37. The van der Waals surface area contributed by atoms with Crippen LogP contribution in [0.3, 0.4) is 0 Å². The van der Waals surface area contributed by atoms with Gasteiger partial charge in [-0.25, -0.2) is 4.39 Å². The SMILES string of the molecule is N#Cc1ccc(NC2CCCC2CN)c(F)c1Br. The predicted octanol–water partition coefficient (Wildman–Crippen LogP) is 3.00. The Morgan fingerprint density at radius 3 is 2.94 bits per heavy atom. The molecule has 0 saturated heterocycles. The number of benzene rings is 1. The molecule has 3 N–H and O–H groups in total. The van der Waals surface area contributed by atoms with Crippen LogP contribution in [0, 0.1) is 23.1 Å². The summed E-state index contributed by atoms with van der Waals surface area (Å²) in [5, 5.41) is 12.0. The van der Waals surface area contributed by atoms with Crippen molar-refractivity contribution in [3.63, 3.8) is 0 Å². The van der Waals surface area contributed by atoms with Gasteiger partial charge in [-0.2, -0.15) is 5.26 Å².